The van der Waals surface area contributed by atoms with Crippen LogP contribution >= 0.6 is 0 Å². The van der Waals surface area contributed by atoms with Gasteiger partial charge in [0.05, 0.1) is 18.6 Å². The number of carbonyl (C=O) groups excluding carboxylic acids is 2. The molecule has 2 aromatic carbocycles. The van der Waals surface area contributed by atoms with Crippen LogP contribution in [0.25, 0.3) is 11.1 Å². The Morgan fingerprint density at radius 2 is 1.68 bits per heavy atom. The molecule has 0 aromatic heterocycles. The van der Waals surface area contributed by atoms with Gasteiger partial charge in [-0.1, -0.05) is 48.5 Å². The molecule has 0 spiro atoms. The molecule has 2 aromatic rings. The fourth-order valence-electron chi connectivity index (χ4n) is 4.94. The third-order valence-corrected chi connectivity index (χ3v) is 6.93. The second-order valence-electron chi connectivity index (χ2n) is 9.26. The minimum absolute atomic E-state index is 0.0481. The molecule has 1 unspecified atom stereocenters. The van der Waals surface area contributed by atoms with Crippen molar-refractivity contribution in [2.45, 2.75) is 37.3 Å². The third kappa shape index (κ3) is 4.63. The Bertz CT molecular complexity index is 1050. The van der Waals surface area contributed by atoms with Gasteiger partial charge in [0.15, 0.2) is 0 Å². The number of nitrogens with one attached hydrogen (secondary N) is 2. The zero-order valence-corrected chi connectivity index (χ0v) is 18.7. The number of fused-ring (bicyclic) bond motifs is 3. The number of alkyl carbamates (subject to hydrolysis) is 1. The van der Waals surface area contributed by atoms with Gasteiger partial charge < -0.3 is 25.2 Å². The number of aliphatic carboxylic acids is 1. The van der Waals surface area contributed by atoms with Crippen molar-refractivity contribution in [1.82, 2.24) is 10.6 Å². The molecule has 1 saturated heterocycles. The van der Waals surface area contributed by atoms with Crippen molar-refractivity contribution >= 4 is 18.0 Å². The van der Waals surface area contributed by atoms with Gasteiger partial charge in [-0.25, -0.2) is 4.79 Å². The molecule has 2 aliphatic carbocycles. The van der Waals surface area contributed by atoms with Gasteiger partial charge in [0.2, 0.25) is 5.91 Å². The second-order valence-corrected chi connectivity index (χ2v) is 9.26. The van der Waals surface area contributed by atoms with E-state index in [9.17, 15) is 14.4 Å². The minimum Gasteiger partial charge on any atom is -0.481 e. The number of hydrogen-bond acceptors (Lipinski definition) is 5. The molecule has 8 heteroatoms. The fourth-order valence-corrected chi connectivity index (χ4v) is 4.94. The van der Waals surface area contributed by atoms with Gasteiger partial charge in [-0.15, -0.1) is 0 Å². The summed E-state index contributed by atoms with van der Waals surface area (Å²) in [5.74, 6) is -1.69. The molecule has 8 nitrogen and oxygen atoms in total. The van der Waals surface area contributed by atoms with E-state index in [4.69, 9.17) is 14.6 Å². The Morgan fingerprint density at radius 1 is 1.03 bits per heavy atom. The largest absolute Gasteiger partial charge is 0.481 e. The molecule has 1 aliphatic heterocycles. The smallest absolute Gasteiger partial charge is 0.407 e. The monoisotopic (exact) mass is 464 g/mol. The topological polar surface area (TPSA) is 114 Å². The zero-order chi connectivity index (χ0) is 23.7. The first kappa shape index (κ1) is 22.4. The van der Waals surface area contributed by atoms with E-state index in [1.807, 2.05) is 24.3 Å². The van der Waals surface area contributed by atoms with Crippen molar-refractivity contribution in [2.75, 3.05) is 19.8 Å². The van der Waals surface area contributed by atoms with Crippen LogP contribution in [0.5, 0.6) is 0 Å². The number of carboxylic acid groups (broad SMARTS) is 1. The van der Waals surface area contributed by atoms with E-state index >= 15 is 0 Å². The van der Waals surface area contributed by atoms with Crippen molar-refractivity contribution in [2.24, 2.45) is 11.8 Å². The lowest BCUT2D eigenvalue weighted by Crippen LogP contribution is -2.49. The molecule has 1 heterocycles. The maximum atomic E-state index is 12.8. The maximum absolute atomic E-state index is 12.8. The summed E-state index contributed by atoms with van der Waals surface area (Å²) in [6.45, 7) is 0.559. The Labute approximate surface area is 197 Å². The molecular weight excluding hydrogens is 436 g/mol. The first-order valence-electron chi connectivity index (χ1n) is 11.7. The molecule has 178 valence electrons. The summed E-state index contributed by atoms with van der Waals surface area (Å²) < 4.78 is 11.1. The van der Waals surface area contributed by atoms with Crippen molar-refractivity contribution in [3.05, 3.63) is 59.7 Å². The summed E-state index contributed by atoms with van der Waals surface area (Å²) in [4.78, 5) is 36.5. The highest BCUT2D eigenvalue weighted by atomic mass is 16.5. The van der Waals surface area contributed by atoms with Crippen molar-refractivity contribution < 1.29 is 29.0 Å². The lowest BCUT2D eigenvalue weighted by molar-refractivity contribution is -0.141. The number of ether oxygens (including phenoxy) is 2. The highest BCUT2D eigenvalue weighted by Gasteiger charge is 2.39. The number of carbonyl (C=O) groups is 3. The SMILES string of the molecule is O=C(NC(C(=O)NC[C@@H]1C[C@H](C(=O)O)CO1)C1CC1)OCC1c2ccccc2-c2ccccc21. The normalized spacial score (nSPS) is 21.9. The predicted octanol–water partition coefficient (Wildman–Crippen LogP) is 2.91. The number of carboxylic acids is 1. The Hall–Kier alpha value is -3.39. The predicted molar refractivity (Wildman–Crippen MR) is 123 cm³/mol. The summed E-state index contributed by atoms with van der Waals surface area (Å²) in [7, 11) is 0. The second kappa shape index (κ2) is 9.46. The molecule has 0 bridgehead atoms. The molecule has 34 heavy (non-hydrogen) atoms. The van der Waals surface area contributed by atoms with Gasteiger partial charge in [0, 0.05) is 12.5 Å². The molecule has 5 rings (SSSR count). The van der Waals surface area contributed by atoms with E-state index in [-0.39, 0.29) is 43.6 Å². The van der Waals surface area contributed by atoms with E-state index in [0.717, 1.165) is 35.1 Å². The van der Waals surface area contributed by atoms with E-state index < -0.39 is 24.0 Å². The molecule has 2 fully saturated rings. The van der Waals surface area contributed by atoms with Crippen LogP contribution in [-0.2, 0) is 19.1 Å². The number of rotatable bonds is 8. The number of amides is 2. The van der Waals surface area contributed by atoms with Gasteiger partial charge in [0.25, 0.3) is 0 Å². The maximum Gasteiger partial charge on any atom is 0.407 e. The van der Waals surface area contributed by atoms with Crippen molar-refractivity contribution in [1.29, 1.82) is 0 Å². The van der Waals surface area contributed by atoms with Gasteiger partial charge in [-0.3, -0.25) is 9.59 Å². The third-order valence-electron chi connectivity index (χ3n) is 6.93. The minimum atomic E-state index is -0.887. The average Bonchev–Trinajstić information content (AvgIpc) is 3.48. The van der Waals surface area contributed by atoms with Crippen molar-refractivity contribution in [3.63, 3.8) is 0 Å². The van der Waals surface area contributed by atoms with Crippen LogP contribution in [0, 0.1) is 11.8 Å². The van der Waals surface area contributed by atoms with Gasteiger partial charge in [-0.05, 0) is 47.4 Å². The van der Waals surface area contributed by atoms with Crippen LogP contribution in [0.1, 0.15) is 36.3 Å². The average molecular weight is 465 g/mol. The van der Waals surface area contributed by atoms with Crippen LogP contribution in [-0.4, -0.2) is 55.0 Å². The molecule has 3 atom stereocenters. The lowest BCUT2D eigenvalue weighted by atomic mass is 9.98. The molecule has 0 radical (unpaired) electrons. The summed E-state index contributed by atoms with van der Waals surface area (Å²) in [5, 5.41) is 14.6. The lowest BCUT2D eigenvalue weighted by Gasteiger charge is -2.20. The molecule has 3 N–H and O–H groups in total. The van der Waals surface area contributed by atoms with Gasteiger partial charge in [0.1, 0.15) is 12.6 Å². The molecule has 1 saturated carbocycles. The van der Waals surface area contributed by atoms with Crippen LogP contribution in [0.15, 0.2) is 48.5 Å². The summed E-state index contributed by atoms with van der Waals surface area (Å²) in [5.41, 5.74) is 4.57. The van der Waals surface area contributed by atoms with Crippen molar-refractivity contribution in [3.8, 4) is 11.1 Å². The van der Waals surface area contributed by atoms with Crippen LogP contribution < -0.4 is 10.6 Å². The Kier molecular flexibility index (Phi) is 6.24. The highest BCUT2D eigenvalue weighted by molar-refractivity contribution is 5.86. The Morgan fingerprint density at radius 3 is 2.26 bits per heavy atom. The van der Waals surface area contributed by atoms with E-state index in [2.05, 4.69) is 34.9 Å². The number of benzene rings is 2. The van der Waals surface area contributed by atoms with E-state index in [1.54, 1.807) is 0 Å². The zero-order valence-electron chi connectivity index (χ0n) is 18.7. The molecule has 2 amide bonds. The molecule has 3 aliphatic rings. The summed E-state index contributed by atoms with van der Waals surface area (Å²) in [6, 6.07) is 15.6. The highest BCUT2D eigenvalue weighted by Crippen LogP contribution is 2.44. The van der Waals surface area contributed by atoms with Crippen LogP contribution in [0.3, 0.4) is 0 Å². The number of hydrogen-bond donors (Lipinski definition) is 3. The Balaban J connectivity index is 1.16. The summed E-state index contributed by atoms with van der Waals surface area (Å²) >= 11 is 0. The first-order chi connectivity index (χ1) is 16.5. The molecular formula is C26H28N2O6. The van der Waals surface area contributed by atoms with E-state index in [1.165, 1.54) is 0 Å². The standard InChI is InChI=1S/C26H28N2O6/c29-24(27-12-17-11-16(13-33-17)25(30)31)23(15-9-10-15)28-26(32)34-14-22-20-7-3-1-5-18(20)19-6-2-4-8-21(19)22/h1-8,15-17,22-23H,9-14H2,(H,27,29)(H,28,32)(H,30,31)/t16-,17-,23?/m0/s1. The fraction of sp³-hybridized carbons (Fsp3) is 0.423. The van der Waals surface area contributed by atoms with Gasteiger partial charge in [-0.2, -0.15) is 0 Å². The van der Waals surface area contributed by atoms with E-state index in [0.29, 0.717) is 6.42 Å². The quantitative estimate of drug-likeness (QED) is 0.554. The van der Waals surface area contributed by atoms with Gasteiger partial charge >= 0.3 is 12.1 Å². The first-order valence-corrected chi connectivity index (χ1v) is 11.7. The summed E-state index contributed by atoms with van der Waals surface area (Å²) in [6.07, 6.45) is 1.14. The van der Waals surface area contributed by atoms with Crippen LogP contribution in [0.2, 0.25) is 0 Å². The van der Waals surface area contributed by atoms with Crippen LogP contribution in [0.4, 0.5) is 4.79 Å².